The number of halogens is 1. The smallest absolute Gasteiger partial charge is 0.287 e. The second-order valence-electron chi connectivity index (χ2n) is 1.84. The topological polar surface area (TPSA) is 47.8 Å². The lowest BCUT2D eigenvalue weighted by Crippen LogP contribution is -2.21. The van der Waals surface area contributed by atoms with Gasteiger partial charge in [0.05, 0.1) is 0 Å². The van der Waals surface area contributed by atoms with Gasteiger partial charge in [-0.3, -0.25) is 9.36 Å². The lowest BCUT2D eigenvalue weighted by atomic mass is 10.8. The van der Waals surface area contributed by atoms with E-state index < -0.39 is 0 Å². The summed E-state index contributed by atoms with van der Waals surface area (Å²) in [5, 5.41) is 7.64. The van der Waals surface area contributed by atoms with Gasteiger partial charge in [0.1, 0.15) is 0 Å². The predicted octanol–water partition coefficient (Wildman–Crippen LogP) is 0.551. The third kappa shape index (κ3) is 1.54. The van der Waals surface area contributed by atoms with Gasteiger partial charge in [0.15, 0.2) is 5.16 Å². The first-order valence-corrected chi connectivity index (χ1v) is 4.40. The molecule has 0 saturated carbocycles. The zero-order valence-electron chi connectivity index (χ0n) is 6.04. The van der Waals surface area contributed by atoms with Gasteiger partial charge in [0, 0.05) is 7.05 Å². The fourth-order valence-corrected chi connectivity index (χ4v) is 1.24. The van der Waals surface area contributed by atoms with Crippen LogP contribution in [0.15, 0.2) is 9.95 Å². The molecule has 0 N–H and O–H groups in total. The zero-order valence-corrected chi connectivity index (χ0v) is 7.61. The molecule has 4 nitrogen and oxygen atoms in total. The van der Waals surface area contributed by atoms with Crippen LogP contribution in [0.4, 0.5) is 0 Å². The summed E-state index contributed by atoms with van der Waals surface area (Å²) in [6.07, 6.45) is 1.82. The van der Waals surface area contributed by atoms with E-state index >= 15 is 0 Å². The molecule has 0 spiro atoms. The largest absolute Gasteiger partial charge is 0.291 e. The zero-order chi connectivity index (χ0) is 8.43. The monoisotopic (exact) mass is 191 g/mol. The minimum atomic E-state index is -0.314. The molecule has 0 aromatic carbocycles. The summed E-state index contributed by atoms with van der Waals surface area (Å²) in [4.78, 5) is 11.1. The van der Waals surface area contributed by atoms with Gasteiger partial charge in [-0.1, -0.05) is 23.4 Å². The summed E-state index contributed by atoms with van der Waals surface area (Å²) in [6, 6.07) is 0. The Bertz CT molecular complexity index is 324. The highest BCUT2D eigenvalue weighted by atomic mass is 35.5. The van der Waals surface area contributed by atoms with E-state index in [1.165, 1.54) is 16.3 Å². The van der Waals surface area contributed by atoms with Crippen LogP contribution in [0.3, 0.4) is 0 Å². The van der Waals surface area contributed by atoms with E-state index in [-0.39, 0.29) is 10.7 Å². The molecular formula is C5H6ClN3OS. The summed E-state index contributed by atoms with van der Waals surface area (Å²) in [6.45, 7) is 0. The molecule has 0 amide bonds. The molecule has 0 fully saturated rings. The molecule has 0 saturated heterocycles. The van der Waals surface area contributed by atoms with Gasteiger partial charge in [-0.2, -0.15) is 0 Å². The van der Waals surface area contributed by atoms with Crippen LogP contribution in [-0.4, -0.2) is 21.0 Å². The predicted molar refractivity (Wildman–Crippen MR) is 44.1 cm³/mol. The maximum atomic E-state index is 11.1. The quantitative estimate of drug-likeness (QED) is 0.609. The summed E-state index contributed by atoms with van der Waals surface area (Å²) in [5.74, 6) is 0. The molecule has 1 heterocycles. The van der Waals surface area contributed by atoms with Gasteiger partial charge in [-0.05, 0) is 6.26 Å². The minimum Gasteiger partial charge on any atom is -0.287 e. The molecule has 11 heavy (non-hydrogen) atoms. The fourth-order valence-electron chi connectivity index (χ4n) is 0.600. The van der Waals surface area contributed by atoms with Crippen LogP contribution in [0.25, 0.3) is 0 Å². The Balaban J connectivity index is 3.37. The highest BCUT2D eigenvalue weighted by Gasteiger charge is 2.04. The van der Waals surface area contributed by atoms with Gasteiger partial charge < -0.3 is 0 Å². The number of rotatable bonds is 1. The van der Waals surface area contributed by atoms with Crippen molar-refractivity contribution >= 4 is 23.4 Å². The van der Waals surface area contributed by atoms with Gasteiger partial charge in [0.2, 0.25) is 5.15 Å². The molecule has 0 aliphatic rings. The molecule has 0 atom stereocenters. The Morgan fingerprint density at radius 3 is 2.73 bits per heavy atom. The first kappa shape index (κ1) is 8.55. The highest BCUT2D eigenvalue weighted by molar-refractivity contribution is 7.98. The van der Waals surface area contributed by atoms with Crippen molar-refractivity contribution in [2.45, 2.75) is 5.16 Å². The summed E-state index contributed by atoms with van der Waals surface area (Å²) in [7, 11) is 1.61. The third-order valence-electron chi connectivity index (χ3n) is 1.17. The first-order chi connectivity index (χ1) is 5.16. The van der Waals surface area contributed by atoms with Crippen molar-refractivity contribution in [3.05, 3.63) is 15.5 Å². The number of aromatic nitrogens is 3. The van der Waals surface area contributed by atoms with Crippen molar-refractivity contribution in [1.82, 2.24) is 14.8 Å². The van der Waals surface area contributed by atoms with Gasteiger partial charge in [-0.15, -0.1) is 10.2 Å². The van der Waals surface area contributed by atoms with E-state index in [0.717, 1.165) is 0 Å². The average Bonchev–Trinajstić information content (AvgIpc) is 2.01. The molecule has 0 radical (unpaired) electrons. The average molecular weight is 192 g/mol. The standard InChI is InChI=1S/C5H6ClN3OS/c1-9-4(10)3(6)7-8-5(9)11-2/h1-2H3. The molecule has 60 valence electrons. The van der Waals surface area contributed by atoms with Crippen LogP contribution in [0.5, 0.6) is 0 Å². The Morgan fingerprint density at radius 1 is 1.55 bits per heavy atom. The van der Waals surface area contributed by atoms with Gasteiger partial charge in [0.25, 0.3) is 5.56 Å². The van der Waals surface area contributed by atoms with E-state index in [4.69, 9.17) is 11.6 Å². The van der Waals surface area contributed by atoms with Crippen molar-refractivity contribution < 1.29 is 0 Å². The molecule has 0 bridgehead atoms. The van der Waals surface area contributed by atoms with Gasteiger partial charge in [-0.25, -0.2) is 0 Å². The lowest BCUT2D eigenvalue weighted by Gasteiger charge is -2.00. The molecule has 0 aliphatic heterocycles. The summed E-state index contributed by atoms with van der Waals surface area (Å²) in [5.41, 5.74) is -0.314. The minimum absolute atomic E-state index is 0.0923. The third-order valence-corrected chi connectivity index (χ3v) is 2.13. The highest BCUT2D eigenvalue weighted by Crippen LogP contribution is 2.06. The van der Waals surface area contributed by atoms with Crippen molar-refractivity contribution in [2.24, 2.45) is 7.05 Å². The maximum absolute atomic E-state index is 11.1. The first-order valence-electron chi connectivity index (χ1n) is 2.80. The fraction of sp³-hybridized carbons (Fsp3) is 0.400. The van der Waals surface area contributed by atoms with Crippen LogP contribution in [-0.2, 0) is 7.05 Å². The Morgan fingerprint density at radius 2 is 2.18 bits per heavy atom. The molecule has 1 aromatic rings. The summed E-state index contributed by atoms with van der Waals surface area (Å²) >= 11 is 6.78. The van der Waals surface area contributed by atoms with Crippen molar-refractivity contribution in [1.29, 1.82) is 0 Å². The lowest BCUT2D eigenvalue weighted by molar-refractivity contribution is 0.662. The number of thioether (sulfide) groups is 1. The van der Waals surface area contributed by atoms with E-state index in [2.05, 4.69) is 10.2 Å². The molecule has 1 rings (SSSR count). The number of hydrogen-bond donors (Lipinski definition) is 0. The SMILES string of the molecule is CSc1nnc(Cl)c(=O)n1C. The number of nitrogens with zero attached hydrogens (tertiary/aromatic N) is 3. The van der Waals surface area contributed by atoms with Gasteiger partial charge >= 0.3 is 0 Å². The molecular weight excluding hydrogens is 186 g/mol. The van der Waals surface area contributed by atoms with E-state index in [0.29, 0.717) is 5.16 Å². The Hall–Kier alpha value is -0.550. The van der Waals surface area contributed by atoms with Crippen LogP contribution in [0.2, 0.25) is 5.15 Å². The summed E-state index contributed by atoms with van der Waals surface area (Å²) < 4.78 is 1.36. The van der Waals surface area contributed by atoms with E-state index in [1.807, 2.05) is 6.26 Å². The van der Waals surface area contributed by atoms with Crippen LogP contribution in [0.1, 0.15) is 0 Å². The molecule has 0 aliphatic carbocycles. The number of hydrogen-bond acceptors (Lipinski definition) is 4. The van der Waals surface area contributed by atoms with Crippen molar-refractivity contribution in [2.75, 3.05) is 6.26 Å². The molecule has 0 unspecified atom stereocenters. The maximum Gasteiger partial charge on any atom is 0.291 e. The second-order valence-corrected chi connectivity index (χ2v) is 2.97. The van der Waals surface area contributed by atoms with Crippen LogP contribution >= 0.6 is 23.4 Å². The Kier molecular flexibility index (Phi) is 2.51. The Labute approximate surface area is 72.6 Å². The van der Waals surface area contributed by atoms with Crippen molar-refractivity contribution in [3.63, 3.8) is 0 Å². The second kappa shape index (κ2) is 3.23. The van der Waals surface area contributed by atoms with Crippen LogP contribution < -0.4 is 5.56 Å². The molecule has 6 heteroatoms. The normalized spacial score (nSPS) is 10.1. The van der Waals surface area contributed by atoms with E-state index in [9.17, 15) is 4.79 Å². The van der Waals surface area contributed by atoms with Crippen molar-refractivity contribution in [3.8, 4) is 0 Å². The van der Waals surface area contributed by atoms with Crippen LogP contribution in [0, 0.1) is 0 Å². The van der Waals surface area contributed by atoms with E-state index in [1.54, 1.807) is 7.05 Å². The molecule has 1 aromatic heterocycles.